The number of nitrogens with two attached hydrogens (primary N) is 2. The highest BCUT2D eigenvalue weighted by Gasteiger charge is 2.52. The Morgan fingerprint density at radius 1 is 1.02 bits per heavy atom. The Labute approximate surface area is 254 Å². The number of rotatable bonds is 11. The largest absolute Gasteiger partial charge is 0.534 e. The molecule has 0 saturated carbocycles. The van der Waals surface area contributed by atoms with Gasteiger partial charge in [0.05, 0.1) is 25.9 Å². The van der Waals surface area contributed by atoms with Crippen molar-refractivity contribution in [1.29, 1.82) is 0 Å². The summed E-state index contributed by atoms with van der Waals surface area (Å²) >= 11 is 0. The summed E-state index contributed by atoms with van der Waals surface area (Å²) < 4.78 is 84.3. The molecule has 0 bridgehead atoms. The Morgan fingerprint density at radius 3 is 2.43 bits per heavy atom. The Balaban J connectivity index is 1.22. The highest BCUT2D eigenvalue weighted by molar-refractivity contribution is 7.47. The number of aliphatic hydroxyl groups excluding tert-OH is 1. The molecule has 248 valence electrons. The Hall–Kier alpha value is -3.63. The molecule has 4 unspecified atom stereocenters. The lowest BCUT2D eigenvalue weighted by Gasteiger charge is -2.24. The minimum absolute atomic E-state index is 0.000903. The van der Waals surface area contributed by atoms with Gasteiger partial charge < -0.3 is 35.7 Å². The standard InChI is InChI=1S/C21H24F2N10O11P2/c22-9-7(1-34)42-20(33-5-29-12-17(33)30-21(25)31-18(12)35)14(9)44-46(38,39)41-2-8-13(40-6-45(36)37)10(23)19(43-8)32-4-28-11-15(24)26-3-27-16(11)32/h3-5,7-10,13-14,19-20,34H,1-2,6H2,(H6-,24,25,26,27,30,31,35,36,37,38,39)/p+1/t7-,8-,9+,10?,13?,14+,19-,20-/m1/s1. The molecule has 0 aromatic carbocycles. The van der Waals surface area contributed by atoms with E-state index >= 15 is 8.78 Å². The Morgan fingerprint density at radius 2 is 1.72 bits per heavy atom. The van der Waals surface area contributed by atoms with Crippen LogP contribution in [0.2, 0.25) is 0 Å². The van der Waals surface area contributed by atoms with E-state index in [1.165, 1.54) is 0 Å². The molecule has 6 rings (SSSR count). The number of ether oxygens (including phenoxy) is 3. The van der Waals surface area contributed by atoms with Crippen molar-refractivity contribution >= 4 is 49.9 Å². The number of fused-ring (bicyclic) bond motifs is 2. The van der Waals surface area contributed by atoms with Gasteiger partial charge in [0.2, 0.25) is 5.95 Å². The number of aliphatic hydroxyl groups is 1. The van der Waals surface area contributed by atoms with E-state index in [0.29, 0.717) is 0 Å². The number of phosphoric ester groups is 1. The number of nitrogens with one attached hydrogen (secondary N) is 1. The van der Waals surface area contributed by atoms with Crippen LogP contribution in [0.3, 0.4) is 0 Å². The van der Waals surface area contributed by atoms with E-state index < -0.39 is 90.2 Å². The van der Waals surface area contributed by atoms with Crippen molar-refractivity contribution in [2.45, 2.75) is 49.2 Å². The van der Waals surface area contributed by atoms with Crippen molar-refractivity contribution in [2.24, 2.45) is 0 Å². The maximum Gasteiger partial charge on any atom is 0.534 e. The second-order valence-electron chi connectivity index (χ2n) is 10.0. The molecule has 25 heteroatoms. The second kappa shape index (κ2) is 12.5. The summed E-state index contributed by atoms with van der Waals surface area (Å²) in [6.07, 6.45) is -11.5. The second-order valence-corrected chi connectivity index (χ2v) is 12.4. The molecule has 2 fully saturated rings. The van der Waals surface area contributed by atoms with E-state index in [4.69, 9.17) is 34.7 Å². The maximum absolute atomic E-state index is 15.7. The molecule has 2 aliphatic heterocycles. The number of anilines is 2. The average Bonchev–Trinajstić information content (AvgIpc) is 3.76. The summed E-state index contributed by atoms with van der Waals surface area (Å²) in [6, 6.07) is 0. The average molecular weight is 693 g/mol. The minimum Gasteiger partial charge on any atom is -0.394 e. The van der Waals surface area contributed by atoms with Crippen molar-refractivity contribution in [3.05, 3.63) is 29.3 Å². The fourth-order valence-corrected chi connectivity index (χ4v) is 6.34. The predicted octanol–water partition coefficient (Wildman–Crippen LogP) is -0.833. The van der Waals surface area contributed by atoms with Crippen molar-refractivity contribution < 1.29 is 56.1 Å². The van der Waals surface area contributed by atoms with Crippen molar-refractivity contribution in [3.63, 3.8) is 0 Å². The third kappa shape index (κ3) is 5.97. The fourth-order valence-electron chi connectivity index (χ4n) is 5.12. The van der Waals surface area contributed by atoms with Gasteiger partial charge in [0, 0.05) is 0 Å². The molecule has 21 nitrogen and oxygen atoms in total. The molecule has 8 N–H and O–H groups in total. The number of hydrogen-bond acceptors (Lipinski definition) is 16. The van der Waals surface area contributed by atoms with E-state index in [1.807, 2.05) is 0 Å². The van der Waals surface area contributed by atoms with Crippen LogP contribution >= 0.6 is 15.9 Å². The van der Waals surface area contributed by atoms with Gasteiger partial charge in [-0.25, -0.2) is 33.3 Å². The minimum atomic E-state index is -5.27. The van der Waals surface area contributed by atoms with Crippen molar-refractivity contribution in [3.8, 4) is 0 Å². The smallest absolute Gasteiger partial charge is 0.394 e. The molecule has 46 heavy (non-hydrogen) atoms. The number of aromatic amines is 1. The number of nitrogens with zero attached hydrogens (tertiary/aromatic N) is 7. The molecule has 10 atom stereocenters. The molecule has 0 spiro atoms. The first-order valence-electron chi connectivity index (χ1n) is 13.1. The Kier molecular flexibility index (Phi) is 8.80. The van der Waals surface area contributed by atoms with E-state index in [2.05, 4.69) is 29.9 Å². The van der Waals surface area contributed by atoms with Crippen LogP contribution in [-0.2, 0) is 32.4 Å². The first kappa shape index (κ1) is 32.3. The highest BCUT2D eigenvalue weighted by Crippen LogP contribution is 2.51. The third-order valence-corrected chi connectivity index (χ3v) is 8.49. The zero-order valence-corrected chi connectivity index (χ0v) is 24.8. The van der Waals surface area contributed by atoms with Gasteiger partial charge >= 0.3 is 15.9 Å². The number of phosphoric acid groups is 1. The SMILES string of the molecule is Nc1nc2c(ncn2[C@@H]2O[C@H](CO)[C@H](F)[C@@H]2OP(=O)(O)OC[C@H]2O[C@@H](n3cnc4c(N)ncnc43)C(F)C2OC[P+](=O)O)c(=O)[nH]1. The van der Waals surface area contributed by atoms with Crippen LogP contribution in [0.25, 0.3) is 22.3 Å². The fraction of sp³-hybridized carbons (Fsp3) is 0.524. The summed E-state index contributed by atoms with van der Waals surface area (Å²) in [5, 5.41) is 9.62. The van der Waals surface area contributed by atoms with E-state index in [9.17, 15) is 28.8 Å². The van der Waals surface area contributed by atoms with E-state index in [1.54, 1.807) is 0 Å². The summed E-state index contributed by atoms with van der Waals surface area (Å²) in [5.74, 6) is -0.316. The molecule has 2 saturated heterocycles. The van der Waals surface area contributed by atoms with E-state index in [0.717, 1.165) is 28.1 Å². The van der Waals surface area contributed by atoms with Crippen LogP contribution in [0.4, 0.5) is 20.5 Å². The Bertz CT molecular complexity index is 1880. The van der Waals surface area contributed by atoms with Crippen molar-refractivity contribution in [2.75, 3.05) is 31.0 Å². The molecule has 2 aliphatic rings. The summed E-state index contributed by atoms with van der Waals surface area (Å²) in [7, 11) is -8.14. The third-order valence-electron chi connectivity index (χ3n) is 7.13. The number of imidazole rings is 2. The van der Waals surface area contributed by atoms with Crippen LogP contribution in [0.1, 0.15) is 12.5 Å². The number of aromatic nitrogens is 8. The normalized spacial score (nSPS) is 29.9. The van der Waals surface area contributed by atoms with Gasteiger partial charge in [0.1, 0.15) is 36.3 Å². The highest BCUT2D eigenvalue weighted by atomic mass is 31.2. The van der Waals surface area contributed by atoms with Crippen LogP contribution < -0.4 is 17.0 Å². The molecule has 0 amide bonds. The van der Waals surface area contributed by atoms with Gasteiger partial charge in [0.15, 0.2) is 47.4 Å². The molecule has 0 aliphatic carbocycles. The van der Waals surface area contributed by atoms with E-state index in [-0.39, 0.29) is 34.1 Å². The lowest BCUT2D eigenvalue weighted by molar-refractivity contribution is -0.0645. The lowest BCUT2D eigenvalue weighted by Crippen LogP contribution is -2.35. The first-order valence-corrected chi connectivity index (χ1v) is 16.0. The van der Waals surface area contributed by atoms with Gasteiger partial charge in [-0.15, -0.1) is 0 Å². The predicted molar refractivity (Wildman–Crippen MR) is 147 cm³/mol. The lowest BCUT2D eigenvalue weighted by atomic mass is 10.1. The molecular formula is C21H25F2N10O11P2+. The topological polar surface area (TPSA) is 300 Å². The number of nitrogen functional groups attached to an aromatic ring is 2. The summed E-state index contributed by atoms with van der Waals surface area (Å²) in [6.45, 7) is -1.76. The van der Waals surface area contributed by atoms with Crippen molar-refractivity contribution in [1.82, 2.24) is 39.0 Å². The van der Waals surface area contributed by atoms with Crippen LogP contribution in [0.15, 0.2) is 23.8 Å². The van der Waals surface area contributed by atoms with Crippen LogP contribution in [-0.4, -0.2) is 110 Å². The van der Waals surface area contributed by atoms with Crippen LogP contribution in [0, 0.1) is 0 Å². The molecule has 4 aromatic rings. The number of alkyl halides is 2. The zero-order chi connectivity index (χ0) is 32.9. The van der Waals surface area contributed by atoms with Crippen LogP contribution in [0.5, 0.6) is 0 Å². The van der Waals surface area contributed by atoms with Gasteiger partial charge in [0.25, 0.3) is 11.9 Å². The quantitative estimate of drug-likeness (QED) is 0.104. The monoisotopic (exact) mass is 693 g/mol. The maximum atomic E-state index is 15.7. The number of hydrogen-bond donors (Lipinski definition) is 6. The molecular weight excluding hydrogens is 668 g/mol. The molecule has 6 heterocycles. The number of H-pyrrole nitrogens is 1. The molecule has 0 radical (unpaired) electrons. The summed E-state index contributed by atoms with van der Waals surface area (Å²) in [5.41, 5.74) is 10.5. The van der Waals surface area contributed by atoms with Gasteiger partial charge in [-0.1, -0.05) is 0 Å². The van der Waals surface area contributed by atoms with Gasteiger partial charge in [-0.05, 0) is 4.57 Å². The zero-order valence-electron chi connectivity index (χ0n) is 23.0. The van der Waals surface area contributed by atoms with Gasteiger partial charge in [-0.3, -0.25) is 28.0 Å². The summed E-state index contributed by atoms with van der Waals surface area (Å²) in [4.78, 5) is 54.0. The first-order chi connectivity index (χ1) is 21.9. The number of halogens is 2. The van der Waals surface area contributed by atoms with Gasteiger partial charge in [-0.2, -0.15) is 9.88 Å². The molecule has 4 aromatic heterocycles.